The van der Waals surface area contributed by atoms with Crippen LogP contribution in [0, 0.1) is 23.7 Å². The van der Waals surface area contributed by atoms with E-state index in [0.29, 0.717) is 37.2 Å². The molecule has 0 saturated carbocycles. The first-order valence-electron chi connectivity index (χ1n) is 27.3. The van der Waals surface area contributed by atoms with Gasteiger partial charge in [-0.2, -0.15) is 0 Å². The average molecular weight is 1090 g/mol. The lowest BCUT2D eigenvalue weighted by Crippen LogP contribution is -2.66. The maximum atomic E-state index is 7.70. The van der Waals surface area contributed by atoms with Gasteiger partial charge in [-0.15, -0.1) is 0 Å². The molecule has 4 rings (SSSR count). The molecular formula is C61H96O7S2Si3. The number of thiocarbonyl (C=S) groups is 1. The van der Waals surface area contributed by atoms with Crippen LogP contribution in [0.3, 0.4) is 0 Å². The van der Waals surface area contributed by atoms with E-state index in [2.05, 4.69) is 206 Å². The Morgan fingerprint density at radius 3 is 1.51 bits per heavy atom. The maximum Gasteiger partial charge on any atom is 0.261 e. The predicted molar refractivity (Wildman–Crippen MR) is 322 cm³/mol. The highest BCUT2D eigenvalue weighted by molar-refractivity contribution is 8.22. The molecule has 0 unspecified atom stereocenters. The molecule has 7 nitrogen and oxygen atoms in total. The zero-order valence-corrected chi connectivity index (χ0v) is 52.8. The largest absolute Gasteiger partial charge is 0.497 e. The molecule has 0 aromatic heterocycles. The van der Waals surface area contributed by atoms with Crippen LogP contribution in [0.2, 0.25) is 41.3 Å². The highest BCUT2D eigenvalue weighted by Crippen LogP contribution is 2.42. The van der Waals surface area contributed by atoms with Crippen LogP contribution in [0.4, 0.5) is 0 Å². The van der Waals surface area contributed by atoms with Crippen molar-refractivity contribution < 1.29 is 32.2 Å². The number of hydrogen-bond acceptors (Lipinski definition) is 9. The van der Waals surface area contributed by atoms with Gasteiger partial charge in [-0.25, -0.2) is 0 Å². The van der Waals surface area contributed by atoms with Gasteiger partial charge in [0.1, 0.15) is 11.9 Å². The molecular weight excluding hydrogens is 993 g/mol. The van der Waals surface area contributed by atoms with Gasteiger partial charge in [0.05, 0.1) is 38.6 Å². The third-order valence-corrected chi connectivity index (χ3v) is 31.6. The Kier molecular flexibility index (Phi) is 25.2. The van der Waals surface area contributed by atoms with Crippen LogP contribution in [0.5, 0.6) is 5.75 Å². The summed E-state index contributed by atoms with van der Waals surface area (Å²) in [5, 5.41) is 2.35. The zero-order valence-electron chi connectivity index (χ0n) is 48.1. The van der Waals surface area contributed by atoms with Gasteiger partial charge in [0, 0.05) is 36.9 Å². The fourth-order valence-electron chi connectivity index (χ4n) is 10.5. The van der Waals surface area contributed by atoms with Crippen LogP contribution < -0.4 is 15.1 Å². The Morgan fingerprint density at radius 1 is 0.603 bits per heavy atom. The van der Waals surface area contributed by atoms with E-state index in [1.807, 2.05) is 18.4 Å². The Labute approximate surface area is 457 Å². The quantitative estimate of drug-likeness (QED) is 0.0375. The molecule has 0 N–H and O–H groups in total. The highest BCUT2D eigenvalue weighted by Gasteiger charge is 2.51. The summed E-state index contributed by atoms with van der Waals surface area (Å²) in [4.78, 5) is 0. The van der Waals surface area contributed by atoms with Crippen molar-refractivity contribution in [2.24, 2.45) is 23.7 Å². The van der Waals surface area contributed by atoms with Crippen molar-refractivity contribution in [3.63, 3.8) is 0 Å². The number of hydrogen-bond donors (Lipinski definition) is 0. The number of benzene rings is 4. The molecule has 0 spiro atoms. The summed E-state index contributed by atoms with van der Waals surface area (Å²) in [7, 11) is -5.41. The van der Waals surface area contributed by atoms with Crippen LogP contribution in [0.15, 0.2) is 115 Å². The van der Waals surface area contributed by atoms with Gasteiger partial charge in [0.25, 0.3) is 8.32 Å². The van der Waals surface area contributed by atoms with Crippen molar-refractivity contribution in [2.45, 2.75) is 182 Å². The lowest BCUT2D eigenvalue weighted by Gasteiger charge is -2.46. The first-order valence-corrected chi connectivity index (χ1v) is 36.3. The molecule has 8 atom stereocenters. The number of thioether (sulfide) groups is 1. The number of rotatable bonds is 30. The van der Waals surface area contributed by atoms with E-state index in [0.717, 1.165) is 41.4 Å². The zero-order chi connectivity index (χ0) is 54.0. The Bertz CT molecular complexity index is 2120. The molecule has 0 heterocycles. The van der Waals surface area contributed by atoms with Crippen LogP contribution in [-0.2, 0) is 40.7 Å². The van der Waals surface area contributed by atoms with Crippen LogP contribution in [0.25, 0.3) is 0 Å². The molecule has 0 bridgehead atoms. The van der Waals surface area contributed by atoms with E-state index in [1.54, 1.807) is 7.11 Å². The van der Waals surface area contributed by atoms with Gasteiger partial charge in [-0.1, -0.05) is 205 Å². The molecule has 4 aromatic carbocycles. The molecule has 0 radical (unpaired) electrons. The van der Waals surface area contributed by atoms with Gasteiger partial charge >= 0.3 is 0 Å². The van der Waals surface area contributed by atoms with Crippen LogP contribution in [-0.4, -0.2) is 80.3 Å². The maximum absolute atomic E-state index is 7.70. The first kappa shape index (κ1) is 62.9. The minimum atomic E-state index is -2.84. The molecule has 73 heavy (non-hydrogen) atoms. The topological polar surface area (TPSA) is 64.6 Å². The third-order valence-electron chi connectivity index (χ3n) is 16.4. The van der Waals surface area contributed by atoms with E-state index in [-0.39, 0.29) is 58.2 Å². The fourth-order valence-corrected chi connectivity index (χ4v) is 19.5. The van der Waals surface area contributed by atoms with Gasteiger partial charge in [-0.05, 0) is 106 Å². The third kappa shape index (κ3) is 16.9. The normalized spacial score (nSPS) is 16.2. The van der Waals surface area contributed by atoms with Gasteiger partial charge in [0.15, 0.2) is 16.6 Å². The lowest BCUT2D eigenvalue weighted by molar-refractivity contribution is -0.137. The van der Waals surface area contributed by atoms with E-state index >= 15 is 0 Å². The fraction of sp³-hybridized carbons (Fsp3) is 0.590. The van der Waals surface area contributed by atoms with Crippen molar-refractivity contribution in [1.82, 2.24) is 0 Å². The van der Waals surface area contributed by atoms with E-state index in [9.17, 15) is 0 Å². The standard InChI is InChI=1S/C61H96O7S2Si3/c1-18-51(45-66-72(19-2,20-3)21-4)58(67-59(69)70-15)48(7)57(64-44-50-37-39-52(62-14)40-38-50)47(6)56(63-43-49-31-25-22-26-32-49)46(5)55(68-71(16,17)60(8,9)10)41-42-65-73(61(11,12)13,53-33-27-23-28-34-53)54-35-29-24-30-36-54/h22-40,46-48,51,55-58H,18-21,41-45H2,1-17H3/t46-,47-,48+,51+,55-,56-,57+,58+/m0/s1. The van der Waals surface area contributed by atoms with Crippen molar-refractivity contribution in [3.05, 3.63) is 126 Å². The van der Waals surface area contributed by atoms with E-state index < -0.39 is 25.0 Å². The Morgan fingerprint density at radius 2 is 1.07 bits per heavy atom. The summed E-state index contributed by atoms with van der Waals surface area (Å²) < 4.78 is 50.3. The second-order valence-electron chi connectivity index (χ2n) is 22.9. The average Bonchev–Trinajstić information content (AvgIpc) is 3.38. The molecule has 0 saturated heterocycles. The summed E-state index contributed by atoms with van der Waals surface area (Å²) in [6.07, 6.45) is 2.50. The van der Waals surface area contributed by atoms with E-state index in [1.165, 1.54) is 22.1 Å². The molecule has 0 aliphatic heterocycles. The Balaban J connectivity index is 1.89. The molecule has 0 amide bonds. The lowest BCUT2D eigenvalue weighted by atomic mass is 9.77. The summed E-state index contributed by atoms with van der Waals surface area (Å²) in [5.41, 5.74) is 2.19. The molecule has 0 aliphatic carbocycles. The van der Waals surface area contributed by atoms with Crippen molar-refractivity contribution in [3.8, 4) is 5.75 Å². The first-order chi connectivity index (χ1) is 34.6. The van der Waals surface area contributed by atoms with Gasteiger partial charge < -0.3 is 32.2 Å². The van der Waals surface area contributed by atoms with Gasteiger partial charge in [-0.3, -0.25) is 0 Å². The van der Waals surface area contributed by atoms with Crippen molar-refractivity contribution >= 4 is 63.7 Å². The minimum Gasteiger partial charge on any atom is -0.497 e. The van der Waals surface area contributed by atoms with Crippen LogP contribution >= 0.6 is 24.0 Å². The smallest absolute Gasteiger partial charge is 0.261 e. The number of ether oxygens (including phenoxy) is 4. The monoisotopic (exact) mass is 1090 g/mol. The number of methoxy groups -OCH3 is 1. The predicted octanol–water partition coefficient (Wildman–Crippen LogP) is 15.5. The summed E-state index contributed by atoms with van der Waals surface area (Å²) in [5.74, 6) is 0.592. The second kappa shape index (κ2) is 29.2. The molecule has 0 aliphatic rings. The summed E-state index contributed by atoms with van der Waals surface area (Å²) >= 11 is 7.41. The molecule has 0 fully saturated rings. The Hall–Kier alpha value is -2.63. The van der Waals surface area contributed by atoms with E-state index in [4.69, 9.17) is 44.4 Å². The highest BCUT2D eigenvalue weighted by atomic mass is 32.2. The minimum absolute atomic E-state index is 0.0281. The molecule has 406 valence electrons. The molecule has 4 aromatic rings. The second-order valence-corrected chi connectivity index (χ2v) is 38.2. The SMILES string of the molecule is CC[C@H](CO[Si](CC)(CC)CC)[C@H](OC(=S)SC)[C@H](C)[C@H](OCc1ccc(OC)cc1)[C@@H](C)[C@@H](OCc1ccccc1)[C@@H](C)[C@H](CCO[Si](c1ccccc1)(c1ccccc1)C(C)(C)C)O[Si](C)(C)C(C)(C)C. The van der Waals surface area contributed by atoms with Crippen molar-refractivity contribution in [2.75, 3.05) is 26.6 Å². The summed E-state index contributed by atoms with van der Waals surface area (Å²) in [6.45, 7) is 36.9. The van der Waals surface area contributed by atoms with Crippen LogP contribution in [0.1, 0.15) is 114 Å². The molecule has 12 heteroatoms. The van der Waals surface area contributed by atoms with Crippen molar-refractivity contribution in [1.29, 1.82) is 0 Å². The summed E-state index contributed by atoms with van der Waals surface area (Å²) in [6, 6.07) is 43.9. The van der Waals surface area contributed by atoms with Gasteiger partial charge in [0.2, 0.25) is 4.38 Å².